The van der Waals surface area contributed by atoms with E-state index in [1.54, 1.807) is 54.9 Å². The molecule has 16 heteroatoms. The van der Waals surface area contributed by atoms with Gasteiger partial charge < -0.3 is 29.5 Å². The maximum atomic E-state index is 12.8. The summed E-state index contributed by atoms with van der Waals surface area (Å²) in [5.41, 5.74) is 3.35. The van der Waals surface area contributed by atoms with E-state index in [2.05, 4.69) is 20.9 Å². The van der Waals surface area contributed by atoms with Crippen LogP contribution >= 0.6 is 11.8 Å². The van der Waals surface area contributed by atoms with Crippen LogP contribution in [0.15, 0.2) is 140 Å². The summed E-state index contributed by atoms with van der Waals surface area (Å²) in [6, 6.07) is 34.5. The molecular weight excluding hydrogens is 817 g/mol. The number of carbonyl (C=O) groups is 4. The van der Waals surface area contributed by atoms with Crippen LogP contribution in [-0.2, 0) is 32.3 Å². The second-order valence-corrected chi connectivity index (χ2v) is 16.6. The number of hydrogen-bond donors (Lipinski definition) is 2. The third-order valence-electron chi connectivity index (χ3n) is 9.47. The average molecular weight is 866 g/mol. The summed E-state index contributed by atoms with van der Waals surface area (Å²) < 4.78 is 42.2. The SMILES string of the molecule is C.CN1C(=O)[C@@H](NC(=O)c2cc(Cc3ccccc3)on2)CS(=O)(=O)c2ccccc21.CN1C(=O)[C@@H](NC(=O)c2cc(Cc3ccccc3)on2)CSc2ccccc21.[2H]CC. The van der Waals surface area contributed by atoms with Gasteiger partial charge in [0, 0.05) is 51.1 Å². The largest absolute Gasteiger partial charge is 0.360 e. The van der Waals surface area contributed by atoms with Crippen LogP contribution in [0.25, 0.3) is 0 Å². The fourth-order valence-electron chi connectivity index (χ4n) is 6.46. The van der Waals surface area contributed by atoms with E-state index in [1.165, 1.54) is 24.1 Å². The van der Waals surface area contributed by atoms with Crippen LogP contribution in [0.2, 0.25) is 0 Å². The number of fused-ring (bicyclic) bond motifs is 2. The Bertz CT molecular complexity index is 2590. The van der Waals surface area contributed by atoms with E-state index in [0.717, 1.165) is 21.7 Å². The summed E-state index contributed by atoms with van der Waals surface area (Å²) in [6.07, 6.45) is 1.01. The Morgan fingerprint density at radius 3 is 1.72 bits per heavy atom. The van der Waals surface area contributed by atoms with E-state index < -0.39 is 45.4 Å². The van der Waals surface area contributed by atoms with Crippen LogP contribution < -0.4 is 20.4 Å². The molecule has 4 aromatic carbocycles. The van der Waals surface area contributed by atoms with Crippen molar-refractivity contribution in [2.45, 2.75) is 56.0 Å². The molecule has 4 heterocycles. The highest BCUT2D eigenvalue weighted by atomic mass is 32.2. The molecule has 6 aromatic rings. The maximum Gasteiger partial charge on any atom is 0.274 e. The molecule has 0 spiro atoms. The first-order valence-corrected chi connectivity index (χ1v) is 21.5. The Hall–Kier alpha value is -6.52. The number of aromatic nitrogens is 2. The van der Waals surface area contributed by atoms with Crippen molar-refractivity contribution >= 4 is 56.6 Å². The van der Waals surface area contributed by atoms with Gasteiger partial charge in [0.25, 0.3) is 11.8 Å². The molecule has 0 radical (unpaired) electrons. The molecule has 2 N–H and O–H groups in total. The molecule has 2 atom stereocenters. The van der Waals surface area contributed by atoms with Crippen LogP contribution in [0.4, 0.5) is 11.4 Å². The lowest BCUT2D eigenvalue weighted by Gasteiger charge is -2.21. The minimum absolute atomic E-state index is 0. The monoisotopic (exact) mass is 865 g/mol. The third-order valence-corrected chi connectivity index (χ3v) is 12.4. The van der Waals surface area contributed by atoms with Crippen molar-refractivity contribution in [3.05, 3.63) is 155 Å². The smallest absolute Gasteiger partial charge is 0.274 e. The summed E-state index contributed by atoms with van der Waals surface area (Å²) in [6.45, 7) is 2.29. The molecule has 2 aliphatic rings. The Morgan fingerprint density at radius 1 is 0.721 bits per heavy atom. The molecule has 4 amide bonds. The van der Waals surface area contributed by atoms with Gasteiger partial charge in [-0.2, -0.15) is 0 Å². The predicted molar refractivity (Wildman–Crippen MR) is 235 cm³/mol. The van der Waals surface area contributed by atoms with Crippen molar-refractivity contribution in [3.8, 4) is 0 Å². The van der Waals surface area contributed by atoms with Gasteiger partial charge in [-0.25, -0.2) is 8.42 Å². The number of thioether (sulfide) groups is 1. The molecule has 318 valence electrons. The first-order valence-electron chi connectivity index (χ1n) is 19.6. The van der Waals surface area contributed by atoms with Crippen LogP contribution in [-0.4, -0.2) is 80.0 Å². The molecule has 0 bridgehead atoms. The standard InChI is InChI=1S/C21H19N3O5S.C21H19N3O3S.C2H6.CH4/c1-24-18-9-5-6-10-19(18)30(27,28)13-17(21(24)26)22-20(25)16-12-15(29-23-16)11-14-7-3-2-4-8-14;1-24-18-9-5-6-10-19(18)28-13-17(21(24)26)22-20(25)16-12-15(27-23-16)11-14-7-3-2-4-8-14;1-2;/h2-10,12,17H,11,13H2,1H3,(H,22,25);2-10,12,17H,11,13H2,1H3,(H,22,25);1-2H3;1H4/t2*17-;;/m00../s1/i;;1D;. The van der Waals surface area contributed by atoms with Gasteiger partial charge in [0.2, 0.25) is 11.8 Å². The second kappa shape index (κ2) is 20.6. The van der Waals surface area contributed by atoms with Gasteiger partial charge in [-0.1, -0.05) is 116 Å². The molecule has 61 heavy (non-hydrogen) atoms. The van der Waals surface area contributed by atoms with Gasteiger partial charge >= 0.3 is 0 Å². The van der Waals surface area contributed by atoms with Crippen molar-refractivity contribution in [1.82, 2.24) is 20.9 Å². The van der Waals surface area contributed by atoms with Crippen LogP contribution in [0, 0.1) is 0 Å². The first kappa shape index (κ1) is 44.0. The third kappa shape index (κ3) is 11.0. The fourth-order valence-corrected chi connectivity index (χ4v) is 9.21. The van der Waals surface area contributed by atoms with Crippen molar-refractivity contribution in [1.29, 1.82) is 0 Å². The minimum Gasteiger partial charge on any atom is -0.360 e. The zero-order valence-electron chi connectivity index (χ0n) is 34.1. The van der Waals surface area contributed by atoms with Crippen LogP contribution in [0.1, 0.15) is 66.2 Å². The molecule has 0 aliphatic carbocycles. The summed E-state index contributed by atoms with van der Waals surface area (Å²) in [5.74, 6) is -0.761. The Labute approximate surface area is 361 Å². The quantitative estimate of drug-likeness (QED) is 0.168. The van der Waals surface area contributed by atoms with Gasteiger partial charge in [0.1, 0.15) is 23.6 Å². The maximum absolute atomic E-state index is 12.8. The summed E-state index contributed by atoms with van der Waals surface area (Å²) in [7, 11) is -0.574. The number of carbonyl (C=O) groups excluding carboxylic acids is 4. The van der Waals surface area contributed by atoms with E-state index in [0.29, 0.717) is 37.0 Å². The van der Waals surface area contributed by atoms with Gasteiger partial charge in [-0.15, -0.1) is 11.8 Å². The normalized spacial score (nSPS) is 16.6. The highest BCUT2D eigenvalue weighted by molar-refractivity contribution is 7.99. The number of para-hydroxylation sites is 2. The first-order chi connectivity index (χ1) is 29.4. The summed E-state index contributed by atoms with van der Waals surface area (Å²) in [5, 5.41) is 12.9. The van der Waals surface area contributed by atoms with Crippen molar-refractivity contribution < 1.29 is 38.0 Å². The lowest BCUT2D eigenvalue weighted by Crippen LogP contribution is -2.49. The van der Waals surface area contributed by atoms with Gasteiger partial charge in [0.05, 0.1) is 22.0 Å². The Kier molecular flexibility index (Phi) is 14.9. The Morgan fingerprint density at radius 2 is 1.16 bits per heavy atom. The molecular formula is C45H48N6O8S2. The number of rotatable bonds is 8. The molecule has 0 fully saturated rings. The molecule has 2 aromatic heterocycles. The second-order valence-electron chi connectivity index (χ2n) is 13.6. The number of benzene rings is 4. The number of nitrogens with zero attached hydrogens (tertiary/aromatic N) is 4. The summed E-state index contributed by atoms with van der Waals surface area (Å²) in [4.78, 5) is 54.7. The molecule has 0 saturated carbocycles. The molecule has 0 unspecified atom stereocenters. The van der Waals surface area contributed by atoms with Gasteiger partial charge in [-0.05, 0) is 35.4 Å². The highest BCUT2D eigenvalue weighted by Gasteiger charge is 2.37. The number of amides is 4. The molecule has 8 rings (SSSR count). The van der Waals surface area contributed by atoms with Gasteiger partial charge in [-0.3, -0.25) is 19.2 Å². The van der Waals surface area contributed by atoms with E-state index in [-0.39, 0.29) is 35.3 Å². The fraction of sp³-hybridized carbons (Fsp3) is 0.244. The highest BCUT2D eigenvalue weighted by Crippen LogP contribution is 2.33. The number of sulfone groups is 1. The van der Waals surface area contributed by atoms with E-state index in [4.69, 9.17) is 10.4 Å². The zero-order valence-corrected chi connectivity index (χ0v) is 34.7. The number of anilines is 2. The van der Waals surface area contributed by atoms with Crippen molar-refractivity contribution in [2.75, 3.05) is 35.4 Å². The lowest BCUT2D eigenvalue weighted by atomic mass is 10.1. The van der Waals surface area contributed by atoms with E-state index in [1.807, 2.05) is 84.9 Å². The van der Waals surface area contributed by atoms with Crippen molar-refractivity contribution in [3.63, 3.8) is 0 Å². The topological polar surface area (TPSA) is 185 Å². The van der Waals surface area contributed by atoms with Crippen LogP contribution in [0.3, 0.4) is 0 Å². The predicted octanol–water partition coefficient (Wildman–Crippen LogP) is 6.61. The van der Waals surface area contributed by atoms with Crippen molar-refractivity contribution in [2.24, 2.45) is 0 Å². The number of nitrogens with one attached hydrogen (secondary N) is 2. The Balaban J connectivity index is 0.000000217. The minimum atomic E-state index is -3.78. The van der Waals surface area contributed by atoms with Gasteiger partial charge in [0.15, 0.2) is 21.2 Å². The summed E-state index contributed by atoms with van der Waals surface area (Å²) >= 11 is 1.55. The molecule has 2 aliphatic heterocycles. The van der Waals surface area contributed by atoms with E-state index >= 15 is 0 Å². The number of likely N-dealkylation sites (N-methyl/N-ethyl adjacent to an activating group) is 2. The molecule has 14 nitrogen and oxygen atoms in total. The average Bonchev–Trinajstić information content (AvgIpc) is 3.91. The van der Waals surface area contributed by atoms with E-state index in [9.17, 15) is 27.6 Å². The number of hydrogen-bond acceptors (Lipinski definition) is 11. The van der Waals surface area contributed by atoms with Crippen LogP contribution in [0.5, 0.6) is 0 Å². The lowest BCUT2D eigenvalue weighted by molar-refractivity contribution is -0.120. The molecule has 0 saturated heterocycles. The zero-order chi connectivity index (χ0) is 43.5.